The van der Waals surface area contributed by atoms with Crippen molar-refractivity contribution in [1.29, 1.82) is 0 Å². The van der Waals surface area contributed by atoms with Crippen molar-refractivity contribution in [1.82, 2.24) is 0 Å². The molecule has 30 valence electrons. The van der Waals surface area contributed by atoms with E-state index in [1.54, 1.807) is 0 Å². The smallest absolute Gasteiger partial charge is 0.0757 e. The topological polar surface area (TPSA) is 0 Å². The van der Waals surface area contributed by atoms with E-state index in [0.29, 0.717) is 4.09 Å². The van der Waals surface area contributed by atoms with Crippen LogP contribution in [0, 0.1) is 0 Å². The van der Waals surface area contributed by atoms with Crippen molar-refractivity contribution in [2.75, 3.05) is 0 Å². The lowest BCUT2D eigenvalue weighted by Crippen LogP contribution is -1.72. The van der Waals surface area contributed by atoms with Crippen LogP contribution in [-0.2, 0) is 0 Å². The Morgan fingerprint density at radius 3 is 1.80 bits per heavy atom. The second-order valence-corrected chi connectivity index (χ2v) is 3.47. The van der Waals surface area contributed by atoms with Crippen LogP contribution in [-0.4, -0.2) is 13.2 Å². The molecule has 0 nitrogen and oxygen atoms in total. The highest BCUT2D eigenvalue weighted by Crippen LogP contribution is 1.82. The van der Waals surface area contributed by atoms with E-state index in [4.69, 9.17) is 23.2 Å². The Morgan fingerprint density at radius 2 is 1.80 bits per heavy atom. The summed E-state index contributed by atoms with van der Waals surface area (Å²) in [5.74, 6) is 0. The van der Waals surface area contributed by atoms with Crippen LogP contribution in [0.2, 0.25) is 6.55 Å². The molecule has 0 aliphatic rings. The largest absolute Gasteiger partial charge is 0.0776 e. The standard InChI is InChI=1S/C2H4Cl2Si/c1-5-2(3)4/h5H,1H3. The summed E-state index contributed by atoms with van der Waals surface area (Å²) in [6.45, 7) is 1.98. The molecule has 0 unspecified atom stereocenters. The van der Waals surface area contributed by atoms with Gasteiger partial charge in [-0.05, 0) is 0 Å². The highest BCUT2D eigenvalue weighted by atomic mass is 35.5. The van der Waals surface area contributed by atoms with Gasteiger partial charge in [-0.1, -0.05) is 29.7 Å². The highest BCUT2D eigenvalue weighted by molar-refractivity contribution is 7.09. The maximum atomic E-state index is 5.18. The van der Waals surface area contributed by atoms with E-state index >= 15 is 0 Å². The molecule has 0 aliphatic carbocycles. The minimum atomic E-state index is 0.179. The van der Waals surface area contributed by atoms with Gasteiger partial charge in [0.1, 0.15) is 0 Å². The molecule has 0 aromatic carbocycles. The van der Waals surface area contributed by atoms with E-state index in [1.807, 2.05) is 6.55 Å². The van der Waals surface area contributed by atoms with E-state index < -0.39 is 0 Å². The monoisotopic (exact) mass is 126 g/mol. The maximum Gasteiger partial charge on any atom is 0.0757 e. The molecule has 3 heteroatoms. The SMILES string of the molecule is C[SiH]=C(Cl)Cl. The summed E-state index contributed by atoms with van der Waals surface area (Å²) in [7, 11) is 0.179. The Balaban J connectivity index is 3.14. The average Bonchev–Trinajstić information content (AvgIpc) is 1.38. The first-order valence-electron chi connectivity index (χ1n) is 1.24. The first-order chi connectivity index (χ1) is 2.27. The Bertz CT molecular complexity index is 45.6. The minimum absolute atomic E-state index is 0.179. The normalized spacial score (nSPS) is 7.00. The number of hydrogen-bond donors (Lipinski definition) is 0. The molecule has 0 aromatic rings. The van der Waals surface area contributed by atoms with E-state index in [1.165, 1.54) is 0 Å². The summed E-state index contributed by atoms with van der Waals surface area (Å²) in [6, 6.07) is 0. The van der Waals surface area contributed by atoms with Gasteiger partial charge < -0.3 is 0 Å². The van der Waals surface area contributed by atoms with E-state index in [2.05, 4.69) is 0 Å². The predicted octanol–water partition coefficient (Wildman–Crippen LogP) is 1.04. The molecule has 0 aliphatic heterocycles. The summed E-state index contributed by atoms with van der Waals surface area (Å²) < 4.78 is 0.532. The van der Waals surface area contributed by atoms with Crippen LogP contribution in [0.4, 0.5) is 0 Å². The molecule has 0 atom stereocenters. The molecule has 0 rings (SSSR count). The van der Waals surface area contributed by atoms with Crippen molar-refractivity contribution in [2.24, 2.45) is 0 Å². The fraction of sp³-hybridized carbons (Fsp3) is 0.500. The Morgan fingerprint density at radius 1 is 1.60 bits per heavy atom. The van der Waals surface area contributed by atoms with Crippen LogP contribution < -0.4 is 0 Å². The molecule has 0 N–H and O–H groups in total. The van der Waals surface area contributed by atoms with Crippen molar-refractivity contribution >= 4 is 36.4 Å². The maximum absolute atomic E-state index is 5.18. The molecule has 0 amide bonds. The van der Waals surface area contributed by atoms with Gasteiger partial charge in [0, 0.05) is 9.13 Å². The predicted molar refractivity (Wildman–Crippen MR) is 29.7 cm³/mol. The third kappa shape index (κ3) is 4.67. The molecule has 0 saturated heterocycles. The second-order valence-electron chi connectivity index (χ2n) is 0.578. The lowest BCUT2D eigenvalue weighted by atomic mass is 11.9. The van der Waals surface area contributed by atoms with Crippen LogP contribution in [0.5, 0.6) is 0 Å². The first-order valence-corrected chi connectivity index (χ1v) is 3.73. The Labute approximate surface area is 43.5 Å². The van der Waals surface area contributed by atoms with Crippen LogP contribution in [0.3, 0.4) is 0 Å². The molecule has 0 spiro atoms. The van der Waals surface area contributed by atoms with Crippen molar-refractivity contribution in [3.63, 3.8) is 0 Å². The van der Waals surface area contributed by atoms with Crippen molar-refractivity contribution < 1.29 is 0 Å². The Hall–Kier alpha value is 0.667. The average molecular weight is 127 g/mol. The van der Waals surface area contributed by atoms with Gasteiger partial charge in [0.25, 0.3) is 0 Å². The van der Waals surface area contributed by atoms with Crippen molar-refractivity contribution in [3.05, 3.63) is 0 Å². The fourth-order valence-electron chi connectivity index (χ4n) is 0. The number of rotatable bonds is 0. The van der Waals surface area contributed by atoms with Crippen molar-refractivity contribution in [2.45, 2.75) is 6.55 Å². The minimum Gasteiger partial charge on any atom is -0.0776 e. The summed E-state index contributed by atoms with van der Waals surface area (Å²) in [5, 5.41) is 0. The van der Waals surface area contributed by atoms with Gasteiger partial charge in [0.2, 0.25) is 0 Å². The van der Waals surface area contributed by atoms with Gasteiger partial charge in [-0.2, -0.15) is 0 Å². The lowest BCUT2D eigenvalue weighted by molar-refractivity contribution is 2.37. The quantitative estimate of drug-likeness (QED) is 0.426. The van der Waals surface area contributed by atoms with Gasteiger partial charge in [-0.15, -0.1) is 0 Å². The molecular weight excluding hydrogens is 123 g/mol. The molecule has 0 aromatic heterocycles. The first kappa shape index (κ1) is 5.67. The van der Waals surface area contributed by atoms with Gasteiger partial charge in [0.05, 0.1) is 4.09 Å². The molecule has 0 heterocycles. The lowest BCUT2D eigenvalue weighted by Gasteiger charge is -1.66. The number of halogens is 2. The zero-order valence-electron chi connectivity index (χ0n) is 2.83. The molecule has 0 bridgehead atoms. The second kappa shape index (κ2) is 2.88. The zero-order valence-corrected chi connectivity index (χ0v) is 5.50. The van der Waals surface area contributed by atoms with Gasteiger partial charge in [0.15, 0.2) is 0 Å². The summed E-state index contributed by atoms with van der Waals surface area (Å²) in [5.41, 5.74) is 0. The van der Waals surface area contributed by atoms with E-state index in [9.17, 15) is 0 Å². The van der Waals surface area contributed by atoms with Crippen LogP contribution in [0.25, 0.3) is 0 Å². The van der Waals surface area contributed by atoms with Crippen LogP contribution >= 0.6 is 23.2 Å². The molecular formula is C2H4Cl2Si. The summed E-state index contributed by atoms with van der Waals surface area (Å²) >= 11 is 10.4. The van der Waals surface area contributed by atoms with Crippen LogP contribution in [0.1, 0.15) is 0 Å². The Kier molecular flexibility index (Phi) is 3.27. The van der Waals surface area contributed by atoms with Gasteiger partial charge >= 0.3 is 0 Å². The molecule has 0 fully saturated rings. The molecule has 0 saturated carbocycles. The van der Waals surface area contributed by atoms with Crippen LogP contribution in [0.15, 0.2) is 0 Å². The zero-order chi connectivity index (χ0) is 4.28. The third-order valence-corrected chi connectivity index (χ3v) is 1.96. The van der Waals surface area contributed by atoms with E-state index in [0.717, 1.165) is 0 Å². The van der Waals surface area contributed by atoms with Crippen molar-refractivity contribution in [3.8, 4) is 0 Å². The fourth-order valence-corrected chi connectivity index (χ4v) is 0. The summed E-state index contributed by atoms with van der Waals surface area (Å²) in [6.07, 6.45) is 0. The van der Waals surface area contributed by atoms with E-state index in [-0.39, 0.29) is 9.13 Å². The third-order valence-electron chi connectivity index (χ3n) is 0.218. The van der Waals surface area contributed by atoms with Gasteiger partial charge in [-0.3, -0.25) is 0 Å². The molecule has 5 heavy (non-hydrogen) atoms. The molecule has 0 radical (unpaired) electrons. The van der Waals surface area contributed by atoms with Gasteiger partial charge in [-0.25, -0.2) is 0 Å². The summed E-state index contributed by atoms with van der Waals surface area (Å²) in [4.78, 5) is 0. The number of hydrogen-bond acceptors (Lipinski definition) is 0. The highest BCUT2D eigenvalue weighted by Gasteiger charge is 1.68.